The molecule has 5 heteroatoms. The quantitative estimate of drug-likeness (QED) is 0.781. The molecule has 3 aromatic rings. The zero-order valence-electron chi connectivity index (χ0n) is 12.0. The summed E-state index contributed by atoms with van der Waals surface area (Å²) < 4.78 is 7.51. The van der Waals surface area contributed by atoms with Crippen molar-refractivity contribution in [3.05, 3.63) is 47.7 Å². The molecule has 0 bridgehead atoms. The van der Waals surface area contributed by atoms with E-state index in [1.807, 2.05) is 7.05 Å². The van der Waals surface area contributed by atoms with Crippen LogP contribution in [0.5, 0.6) is 0 Å². The Kier molecular flexibility index (Phi) is 3.00. The van der Waals surface area contributed by atoms with Crippen molar-refractivity contribution in [1.82, 2.24) is 20.0 Å². The second-order valence-electron chi connectivity index (χ2n) is 5.69. The van der Waals surface area contributed by atoms with Crippen molar-refractivity contribution in [2.45, 2.75) is 31.8 Å². The van der Waals surface area contributed by atoms with E-state index in [-0.39, 0.29) is 0 Å². The van der Waals surface area contributed by atoms with E-state index in [0.717, 1.165) is 12.4 Å². The van der Waals surface area contributed by atoms with Crippen LogP contribution in [0.4, 0.5) is 0 Å². The summed E-state index contributed by atoms with van der Waals surface area (Å²) in [4.78, 5) is 4.49. The van der Waals surface area contributed by atoms with Crippen LogP contribution in [0.3, 0.4) is 0 Å². The minimum absolute atomic E-state index is 0.535. The van der Waals surface area contributed by atoms with Gasteiger partial charge in [0.1, 0.15) is 6.54 Å². The first-order valence-corrected chi connectivity index (χ1v) is 7.38. The summed E-state index contributed by atoms with van der Waals surface area (Å²) in [6, 6.07) is 8.65. The first kappa shape index (κ1) is 12.6. The molecule has 2 aromatic heterocycles. The smallest absolute Gasteiger partial charge is 0.246 e. The van der Waals surface area contributed by atoms with Gasteiger partial charge in [-0.05, 0) is 49.0 Å². The van der Waals surface area contributed by atoms with Crippen molar-refractivity contribution in [2.75, 3.05) is 7.05 Å². The van der Waals surface area contributed by atoms with Crippen LogP contribution in [0.1, 0.15) is 36.0 Å². The molecule has 1 N–H and O–H groups in total. The molecule has 4 rings (SSSR count). The average molecular weight is 282 g/mol. The zero-order valence-corrected chi connectivity index (χ0v) is 12.0. The Morgan fingerprint density at radius 2 is 2.24 bits per heavy atom. The Morgan fingerprint density at radius 1 is 1.33 bits per heavy atom. The van der Waals surface area contributed by atoms with Crippen LogP contribution in [0, 0.1) is 0 Å². The second kappa shape index (κ2) is 5.00. The molecule has 1 aliphatic rings. The fourth-order valence-corrected chi connectivity index (χ4v) is 2.69. The standard InChI is InChI=1S/C16H18N4O/c1-17-9-11-2-5-14-13(8-11)6-7-20(14)10-15-18-16(19-21-15)12-3-4-12/h2,5-8,12,17H,3-4,9-10H2,1H3. The number of hydrogen-bond donors (Lipinski definition) is 1. The summed E-state index contributed by atoms with van der Waals surface area (Å²) in [5.74, 6) is 2.10. The third-order valence-electron chi connectivity index (χ3n) is 3.95. The van der Waals surface area contributed by atoms with Gasteiger partial charge in [0.2, 0.25) is 5.89 Å². The van der Waals surface area contributed by atoms with Crippen molar-refractivity contribution in [1.29, 1.82) is 0 Å². The number of nitrogens with one attached hydrogen (secondary N) is 1. The van der Waals surface area contributed by atoms with E-state index < -0.39 is 0 Å². The van der Waals surface area contributed by atoms with Gasteiger partial charge in [0, 0.05) is 24.2 Å². The van der Waals surface area contributed by atoms with Crippen molar-refractivity contribution >= 4 is 10.9 Å². The van der Waals surface area contributed by atoms with Crippen molar-refractivity contribution in [3.63, 3.8) is 0 Å². The van der Waals surface area contributed by atoms with Crippen LogP contribution in [-0.2, 0) is 13.1 Å². The van der Waals surface area contributed by atoms with E-state index in [9.17, 15) is 0 Å². The lowest BCUT2D eigenvalue weighted by atomic mass is 10.1. The molecule has 0 atom stereocenters. The van der Waals surface area contributed by atoms with Crippen LogP contribution in [0.15, 0.2) is 35.0 Å². The van der Waals surface area contributed by atoms with Crippen LogP contribution in [0.25, 0.3) is 10.9 Å². The highest BCUT2D eigenvalue weighted by Crippen LogP contribution is 2.38. The molecule has 1 aliphatic carbocycles. The molecular formula is C16H18N4O. The van der Waals surface area contributed by atoms with Gasteiger partial charge in [-0.15, -0.1) is 0 Å². The van der Waals surface area contributed by atoms with Gasteiger partial charge in [-0.3, -0.25) is 0 Å². The van der Waals surface area contributed by atoms with Crippen molar-refractivity contribution in [3.8, 4) is 0 Å². The minimum Gasteiger partial charge on any atom is -0.338 e. The number of benzene rings is 1. The van der Waals surface area contributed by atoms with Crippen molar-refractivity contribution in [2.24, 2.45) is 0 Å². The molecule has 0 spiro atoms. The van der Waals surface area contributed by atoms with Gasteiger partial charge in [-0.2, -0.15) is 4.98 Å². The highest BCUT2D eigenvalue weighted by Gasteiger charge is 2.28. The fraction of sp³-hybridized carbons (Fsp3) is 0.375. The van der Waals surface area contributed by atoms with E-state index in [1.165, 1.54) is 29.3 Å². The van der Waals surface area contributed by atoms with Gasteiger partial charge < -0.3 is 14.4 Å². The van der Waals surface area contributed by atoms with E-state index in [2.05, 4.69) is 50.5 Å². The summed E-state index contributed by atoms with van der Waals surface area (Å²) in [6.45, 7) is 1.52. The molecule has 1 fully saturated rings. The first-order valence-electron chi connectivity index (χ1n) is 7.38. The number of hydrogen-bond acceptors (Lipinski definition) is 4. The SMILES string of the molecule is CNCc1ccc2c(ccn2Cc2nc(C3CC3)no2)c1. The molecule has 1 saturated carbocycles. The number of nitrogens with zero attached hydrogens (tertiary/aromatic N) is 3. The molecule has 21 heavy (non-hydrogen) atoms. The molecule has 108 valence electrons. The lowest BCUT2D eigenvalue weighted by molar-refractivity contribution is 0.367. The summed E-state index contributed by atoms with van der Waals surface area (Å²) in [5, 5.41) is 8.48. The Morgan fingerprint density at radius 3 is 3.05 bits per heavy atom. The highest BCUT2D eigenvalue weighted by molar-refractivity contribution is 5.80. The molecular weight excluding hydrogens is 264 g/mol. The Hall–Kier alpha value is -2.14. The molecule has 5 nitrogen and oxygen atoms in total. The number of rotatable bonds is 5. The maximum Gasteiger partial charge on any atom is 0.246 e. The molecule has 0 amide bonds. The Labute approximate surface area is 123 Å². The largest absolute Gasteiger partial charge is 0.338 e. The number of aromatic nitrogens is 3. The second-order valence-corrected chi connectivity index (χ2v) is 5.69. The normalized spacial score (nSPS) is 14.9. The predicted molar refractivity (Wildman–Crippen MR) is 80.1 cm³/mol. The summed E-state index contributed by atoms with van der Waals surface area (Å²) >= 11 is 0. The molecule has 0 unspecified atom stereocenters. The van der Waals surface area contributed by atoms with Crippen LogP contribution in [-0.4, -0.2) is 21.8 Å². The first-order chi connectivity index (χ1) is 10.3. The topological polar surface area (TPSA) is 55.9 Å². The fourth-order valence-electron chi connectivity index (χ4n) is 2.69. The average Bonchev–Trinajstić information content (AvgIpc) is 3.12. The van der Waals surface area contributed by atoms with Gasteiger partial charge in [-0.25, -0.2) is 0 Å². The molecule has 0 saturated heterocycles. The van der Waals surface area contributed by atoms with Crippen molar-refractivity contribution < 1.29 is 4.52 Å². The summed E-state index contributed by atoms with van der Waals surface area (Å²) in [7, 11) is 1.96. The van der Waals surface area contributed by atoms with Gasteiger partial charge in [-0.1, -0.05) is 11.2 Å². The lowest BCUT2D eigenvalue weighted by Crippen LogP contribution is -2.04. The van der Waals surface area contributed by atoms with Gasteiger partial charge in [0.25, 0.3) is 0 Å². The third-order valence-corrected chi connectivity index (χ3v) is 3.95. The molecule has 0 radical (unpaired) electrons. The Balaban J connectivity index is 1.60. The summed E-state index contributed by atoms with van der Waals surface area (Å²) in [5.41, 5.74) is 2.48. The monoisotopic (exact) mass is 282 g/mol. The minimum atomic E-state index is 0.535. The van der Waals surface area contributed by atoms with E-state index >= 15 is 0 Å². The molecule has 0 aliphatic heterocycles. The summed E-state index contributed by atoms with van der Waals surface area (Å²) in [6.07, 6.45) is 4.47. The Bertz CT molecular complexity index is 770. The van der Waals surface area contributed by atoms with Crippen LogP contribution in [0.2, 0.25) is 0 Å². The predicted octanol–water partition coefficient (Wildman–Crippen LogP) is 2.67. The van der Waals surface area contributed by atoms with Gasteiger partial charge in [0.15, 0.2) is 5.82 Å². The maximum absolute atomic E-state index is 5.36. The van der Waals surface area contributed by atoms with E-state index in [1.54, 1.807) is 0 Å². The van der Waals surface area contributed by atoms with E-state index in [4.69, 9.17) is 4.52 Å². The third kappa shape index (κ3) is 2.45. The van der Waals surface area contributed by atoms with E-state index in [0.29, 0.717) is 18.4 Å². The maximum atomic E-state index is 5.36. The van der Waals surface area contributed by atoms with Crippen LogP contribution >= 0.6 is 0 Å². The van der Waals surface area contributed by atoms with Gasteiger partial charge in [0.05, 0.1) is 0 Å². The molecule has 1 aromatic carbocycles. The van der Waals surface area contributed by atoms with Gasteiger partial charge >= 0.3 is 0 Å². The highest BCUT2D eigenvalue weighted by atomic mass is 16.5. The number of fused-ring (bicyclic) bond motifs is 1. The zero-order chi connectivity index (χ0) is 14.2. The van der Waals surface area contributed by atoms with Crippen LogP contribution < -0.4 is 5.32 Å². The molecule has 2 heterocycles. The lowest BCUT2D eigenvalue weighted by Gasteiger charge is -2.03.